The molecule has 12 heavy (non-hydrogen) atoms. The van der Waals surface area contributed by atoms with Crippen LogP contribution < -0.4 is 5.32 Å². The van der Waals surface area contributed by atoms with Gasteiger partial charge in [-0.3, -0.25) is 0 Å². The molecule has 3 amide bonds. The quantitative estimate of drug-likeness (QED) is 0.673. The highest BCUT2D eigenvalue weighted by atomic mass is 16.6. The molecule has 5 heteroatoms. The molecule has 0 saturated heterocycles. The molecule has 0 aliphatic rings. The van der Waals surface area contributed by atoms with Gasteiger partial charge in [0, 0.05) is 13.6 Å². The second-order valence-corrected chi connectivity index (χ2v) is 2.00. The normalized spacial score (nSPS) is 8.92. The van der Waals surface area contributed by atoms with E-state index in [4.69, 9.17) is 0 Å². The fraction of sp³-hybridized carbons (Fsp3) is 0.714. The van der Waals surface area contributed by atoms with Crippen molar-refractivity contribution in [2.45, 2.75) is 13.8 Å². The number of hydrogen-bond donors (Lipinski definition) is 1. The van der Waals surface area contributed by atoms with Gasteiger partial charge in [0.1, 0.15) is 0 Å². The van der Waals surface area contributed by atoms with Gasteiger partial charge in [-0.15, -0.1) is 0 Å². The second-order valence-electron chi connectivity index (χ2n) is 2.00. The zero-order chi connectivity index (χ0) is 9.56. The molecule has 0 unspecified atom stereocenters. The van der Waals surface area contributed by atoms with E-state index in [9.17, 15) is 9.59 Å². The van der Waals surface area contributed by atoms with Crippen molar-refractivity contribution in [1.82, 2.24) is 10.2 Å². The van der Waals surface area contributed by atoms with E-state index in [2.05, 4.69) is 10.1 Å². The van der Waals surface area contributed by atoms with Crippen molar-refractivity contribution in [2.24, 2.45) is 0 Å². The molecule has 0 heterocycles. The predicted octanol–water partition coefficient (Wildman–Crippen LogP) is 0.804. The minimum atomic E-state index is -0.612. The summed E-state index contributed by atoms with van der Waals surface area (Å²) in [5.41, 5.74) is 0. The Morgan fingerprint density at radius 2 is 2.00 bits per heavy atom. The standard InChI is InChI=1S/C7H14N2O3/c1-4-9(6(10)8-3)7(11)12-5-2/h4-5H2,1-3H3,(H,8,10). The summed E-state index contributed by atoms with van der Waals surface area (Å²) in [7, 11) is 1.46. The lowest BCUT2D eigenvalue weighted by molar-refractivity contribution is 0.116. The summed E-state index contributed by atoms with van der Waals surface area (Å²) in [6.45, 7) is 3.96. The van der Waals surface area contributed by atoms with E-state index in [-0.39, 0.29) is 6.61 Å². The molecule has 0 aromatic rings. The van der Waals surface area contributed by atoms with E-state index in [1.54, 1.807) is 13.8 Å². The van der Waals surface area contributed by atoms with E-state index in [1.807, 2.05) is 0 Å². The Labute approximate surface area is 71.7 Å². The van der Waals surface area contributed by atoms with Gasteiger partial charge in [0.05, 0.1) is 6.61 Å². The molecule has 0 radical (unpaired) electrons. The van der Waals surface area contributed by atoms with E-state index >= 15 is 0 Å². The Hall–Kier alpha value is -1.26. The van der Waals surface area contributed by atoms with Crippen molar-refractivity contribution in [3.05, 3.63) is 0 Å². The molecule has 0 aliphatic heterocycles. The number of imide groups is 1. The van der Waals surface area contributed by atoms with Crippen molar-refractivity contribution in [2.75, 3.05) is 20.2 Å². The van der Waals surface area contributed by atoms with Crippen LogP contribution in [0.5, 0.6) is 0 Å². The maximum Gasteiger partial charge on any atom is 0.417 e. The van der Waals surface area contributed by atoms with Crippen LogP contribution in [-0.2, 0) is 4.74 Å². The van der Waals surface area contributed by atoms with Crippen LogP contribution in [0.4, 0.5) is 9.59 Å². The van der Waals surface area contributed by atoms with E-state index < -0.39 is 12.1 Å². The summed E-state index contributed by atoms with van der Waals surface area (Å²) in [6, 6.07) is -0.448. The Bertz CT molecular complexity index is 170. The fourth-order valence-electron chi connectivity index (χ4n) is 0.692. The average molecular weight is 174 g/mol. The van der Waals surface area contributed by atoms with Gasteiger partial charge in [0.25, 0.3) is 0 Å². The van der Waals surface area contributed by atoms with Crippen LogP contribution in [0.15, 0.2) is 0 Å². The van der Waals surface area contributed by atoms with E-state index in [0.29, 0.717) is 6.54 Å². The molecule has 0 atom stereocenters. The fourth-order valence-corrected chi connectivity index (χ4v) is 0.692. The molecule has 0 aliphatic carbocycles. The van der Waals surface area contributed by atoms with Crippen molar-refractivity contribution in [1.29, 1.82) is 0 Å². The monoisotopic (exact) mass is 174 g/mol. The number of amides is 3. The number of urea groups is 1. The predicted molar refractivity (Wildman–Crippen MR) is 43.9 cm³/mol. The van der Waals surface area contributed by atoms with Gasteiger partial charge in [0.2, 0.25) is 0 Å². The average Bonchev–Trinajstić information content (AvgIpc) is 2.06. The Morgan fingerprint density at radius 3 is 2.33 bits per heavy atom. The van der Waals surface area contributed by atoms with Gasteiger partial charge in [-0.1, -0.05) is 0 Å². The summed E-state index contributed by atoms with van der Waals surface area (Å²) in [6.07, 6.45) is -0.612. The number of nitrogens with one attached hydrogen (secondary N) is 1. The summed E-state index contributed by atoms with van der Waals surface area (Å²) in [5.74, 6) is 0. The van der Waals surface area contributed by atoms with Gasteiger partial charge in [-0.05, 0) is 13.8 Å². The van der Waals surface area contributed by atoms with Crippen molar-refractivity contribution >= 4 is 12.1 Å². The number of ether oxygens (including phenoxy) is 1. The van der Waals surface area contributed by atoms with Crippen molar-refractivity contribution in [3.63, 3.8) is 0 Å². The molecule has 0 spiro atoms. The summed E-state index contributed by atoms with van der Waals surface area (Å²) in [4.78, 5) is 23.0. The van der Waals surface area contributed by atoms with Crippen molar-refractivity contribution < 1.29 is 14.3 Å². The molecular formula is C7H14N2O3. The lowest BCUT2D eigenvalue weighted by Crippen LogP contribution is -2.42. The van der Waals surface area contributed by atoms with Gasteiger partial charge in [-0.2, -0.15) is 0 Å². The molecule has 70 valence electrons. The largest absolute Gasteiger partial charge is 0.449 e. The van der Waals surface area contributed by atoms with Crippen LogP contribution in [0, 0.1) is 0 Å². The molecular weight excluding hydrogens is 160 g/mol. The van der Waals surface area contributed by atoms with Gasteiger partial charge in [0.15, 0.2) is 0 Å². The first-order valence-corrected chi connectivity index (χ1v) is 3.83. The lowest BCUT2D eigenvalue weighted by atomic mass is 10.6. The zero-order valence-electron chi connectivity index (χ0n) is 7.59. The van der Waals surface area contributed by atoms with E-state index in [1.165, 1.54) is 7.05 Å². The summed E-state index contributed by atoms with van der Waals surface area (Å²) >= 11 is 0. The van der Waals surface area contributed by atoms with Gasteiger partial charge >= 0.3 is 12.1 Å². The Morgan fingerprint density at radius 1 is 1.42 bits per heavy atom. The van der Waals surface area contributed by atoms with Gasteiger partial charge < -0.3 is 10.1 Å². The highest BCUT2D eigenvalue weighted by molar-refractivity contribution is 5.90. The highest BCUT2D eigenvalue weighted by Crippen LogP contribution is 1.93. The Balaban J connectivity index is 4.14. The van der Waals surface area contributed by atoms with Crippen molar-refractivity contribution in [3.8, 4) is 0 Å². The molecule has 5 nitrogen and oxygen atoms in total. The summed E-state index contributed by atoms with van der Waals surface area (Å²) < 4.78 is 4.64. The minimum absolute atomic E-state index is 0.270. The third-order valence-corrected chi connectivity index (χ3v) is 1.26. The molecule has 0 aromatic heterocycles. The number of nitrogens with zero attached hydrogens (tertiary/aromatic N) is 1. The van der Waals surface area contributed by atoms with E-state index in [0.717, 1.165) is 4.90 Å². The number of hydrogen-bond acceptors (Lipinski definition) is 3. The maximum absolute atomic E-state index is 11.0. The van der Waals surface area contributed by atoms with Crippen LogP contribution in [0.1, 0.15) is 13.8 Å². The number of carbonyl (C=O) groups excluding carboxylic acids is 2. The minimum Gasteiger partial charge on any atom is -0.449 e. The summed E-state index contributed by atoms with van der Waals surface area (Å²) in [5, 5.41) is 2.34. The first-order valence-electron chi connectivity index (χ1n) is 3.83. The number of carbonyl (C=O) groups is 2. The van der Waals surface area contributed by atoms with Crippen LogP contribution >= 0.6 is 0 Å². The molecule has 0 bridgehead atoms. The molecule has 0 rings (SSSR count). The van der Waals surface area contributed by atoms with Crippen LogP contribution in [0.2, 0.25) is 0 Å². The maximum atomic E-state index is 11.0. The topological polar surface area (TPSA) is 58.6 Å². The smallest absolute Gasteiger partial charge is 0.417 e. The first kappa shape index (κ1) is 10.7. The SMILES string of the molecule is CCOC(=O)N(CC)C(=O)NC. The first-order chi connectivity index (χ1) is 5.67. The van der Waals surface area contributed by atoms with Crippen LogP contribution in [0.3, 0.4) is 0 Å². The Kier molecular flexibility index (Phi) is 4.83. The second kappa shape index (κ2) is 5.40. The third kappa shape index (κ3) is 2.77. The van der Waals surface area contributed by atoms with Crippen LogP contribution in [-0.4, -0.2) is 37.2 Å². The van der Waals surface area contributed by atoms with Crippen LogP contribution in [0.25, 0.3) is 0 Å². The molecule has 1 N–H and O–H groups in total. The lowest BCUT2D eigenvalue weighted by Gasteiger charge is -2.16. The molecule has 0 fully saturated rings. The van der Waals surface area contributed by atoms with Gasteiger partial charge in [-0.25, -0.2) is 14.5 Å². The molecule has 0 aromatic carbocycles. The third-order valence-electron chi connectivity index (χ3n) is 1.26. The number of rotatable bonds is 2. The molecule has 0 saturated carbocycles. The highest BCUT2D eigenvalue weighted by Gasteiger charge is 2.18. The zero-order valence-corrected chi connectivity index (χ0v) is 7.59.